The van der Waals surface area contributed by atoms with Crippen molar-refractivity contribution in [3.05, 3.63) is 65.7 Å². The zero-order chi connectivity index (χ0) is 17.6. The minimum atomic E-state index is 0.0203. The van der Waals surface area contributed by atoms with Crippen molar-refractivity contribution in [3.8, 4) is 11.5 Å². The average molecular weight is 337 g/mol. The van der Waals surface area contributed by atoms with E-state index in [2.05, 4.69) is 18.2 Å². The molecule has 0 fully saturated rings. The van der Waals surface area contributed by atoms with Crippen LogP contribution in [0.15, 0.2) is 54.6 Å². The van der Waals surface area contributed by atoms with Crippen LogP contribution in [0.5, 0.6) is 11.5 Å². The van der Waals surface area contributed by atoms with Crippen LogP contribution in [-0.4, -0.2) is 37.6 Å². The number of carbonyl (C=O) groups is 1. The van der Waals surface area contributed by atoms with Crippen LogP contribution < -0.4 is 9.47 Å². The quantitative estimate of drug-likeness (QED) is 0.827. The first-order valence-electron chi connectivity index (χ1n) is 8.57. The summed E-state index contributed by atoms with van der Waals surface area (Å²) < 4.78 is 10.9. The standard InChI is InChI=1S/C21H23NO3/c1-3-25-20-15-18(9-10-19(20)24-2)21(23)22-13-11-17(12-14-22)16-7-5-4-6-8-16/h4-11,15H,3,12-14H2,1-2H3. The van der Waals surface area contributed by atoms with Gasteiger partial charge in [0.15, 0.2) is 11.5 Å². The van der Waals surface area contributed by atoms with E-state index < -0.39 is 0 Å². The summed E-state index contributed by atoms with van der Waals surface area (Å²) in [6, 6.07) is 15.7. The number of rotatable bonds is 5. The van der Waals surface area contributed by atoms with Crippen LogP contribution in [0.1, 0.15) is 29.3 Å². The van der Waals surface area contributed by atoms with Crippen molar-refractivity contribution in [1.29, 1.82) is 0 Å². The molecule has 1 aliphatic rings. The number of hydrogen-bond donors (Lipinski definition) is 0. The highest BCUT2D eigenvalue weighted by molar-refractivity contribution is 5.95. The predicted molar refractivity (Wildman–Crippen MR) is 99.1 cm³/mol. The summed E-state index contributed by atoms with van der Waals surface area (Å²) in [6.07, 6.45) is 3.01. The number of carbonyl (C=O) groups excluding carboxylic acids is 1. The first-order chi connectivity index (χ1) is 12.2. The summed E-state index contributed by atoms with van der Waals surface area (Å²) in [4.78, 5) is 14.7. The first-order valence-corrected chi connectivity index (χ1v) is 8.57. The highest BCUT2D eigenvalue weighted by atomic mass is 16.5. The molecule has 4 nitrogen and oxygen atoms in total. The molecule has 25 heavy (non-hydrogen) atoms. The minimum absolute atomic E-state index is 0.0203. The van der Waals surface area contributed by atoms with Crippen LogP contribution in [0.3, 0.4) is 0 Å². The average Bonchev–Trinajstić information content (AvgIpc) is 2.68. The van der Waals surface area contributed by atoms with Gasteiger partial charge in [0.25, 0.3) is 5.91 Å². The highest BCUT2D eigenvalue weighted by Gasteiger charge is 2.20. The number of benzene rings is 2. The van der Waals surface area contributed by atoms with Gasteiger partial charge < -0.3 is 14.4 Å². The number of ether oxygens (including phenoxy) is 2. The Labute approximate surface area is 148 Å². The van der Waals surface area contributed by atoms with Gasteiger partial charge in [0.1, 0.15) is 0 Å². The van der Waals surface area contributed by atoms with Crippen molar-refractivity contribution in [3.63, 3.8) is 0 Å². The molecular formula is C21H23NO3. The van der Waals surface area contributed by atoms with Crippen LogP contribution in [0.2, 0.25) is 0 Å². The molecule has 0 saturated carbocycles. The molecule has 1 amide bonds. The molecule has 0 N–H and O–H groups in total. The van der Waals surface area contributed by atoms with Gasteiger partial charge in [0.2, 0.25) is 0 Å². The Kier molecular flexibility index (Phi) is 5.39. The van der Waals surface area contributed by atoms with Gasteiger partial charge in [-0.25, -0.2) is 0 Å². The van der Waals surface area contributed by atoms with Gasteiger partial charge in [0.05, 0.1) is 13.7 Å². The van der Waals surface area contributed by atoms with E-state index in [-0.39, 0.29) is 5.91 Å². The second-order valence-corrected chi connectivity index (χ2v) is 5.90. The maximum atomic E-state index is 12.8. The van der Waals surface area contributed by atoms with E-state index >= 15 is 0 Å². The van der Waals surface area contributed by atoms with Gasteiger partial charge in [0, 0.05) is 18.7 Å². The Morgan fingerprint density at radius 1 is 1.12 bits per heavy atom. The molecule has 0 saturated heterocycles. The third-order valence-corrected chi connectivity index (χ3v) is 4.35. The van der Waals surface area contributed by atoms with E-state index in [1.165, 1.54) is 11.1 Å². The maximum absolute atomic E-state index is 12.8. The summed E-state index contributed by atoms with van der Waals surface area (Å²) in [5.74, 6) is 1.27. The van der Waals surface area contributed by atoms with Gasteiger partial charge >= 0.3 is 0 Å². The monoisotopic (exact) mass is 337 g/mol. The Morgan fingerprint density at radius 2 is 1.92 bits per heavy atom. The lowest BCUT2D eigenvalue weighted by atomic mass is 9.99. The lowest BCUT2D eigenvalue weighted by Crippen LogP contribution is -2.34. The molecule has 1 heterocycles. The van der Waals surface area contributed by atoms with E-state index in [9.17, 15) is 4.79 Å². The van der Waals surface area contributed by atoms with Crippen LogP contribution >= 0.6 is 0 Å². The van der Waals surface area contributed by atoms with Crippen LogP contribution in [0, 0.1) is 0 Å². The third-order valence-electron chi connectivity index (χ3n) is 4.35. The third kappa shape index (κ3) is 3.85. The van der Waals surface area contributed by atoms with E-state index in [1.54, 1.807) is 25.3 Å². The lowest BCUT2D eigenvalue weighted by molar-refractivity contribution is 0.0772. The fourth-order valence-electron chi connectivity index (χ4n) is 3.03. The largest absolute Gasteiger partial charge is 0.493 e. The Bertz CT molecular complexity index is 768. The first kappa shape index (κ1) is 17.1. The van der Waals surface area contributed by atoms with Gasteiger partial charge in [-0.3, -0.25) is 4.79 Å². The zero-order valence-electron chi connectivity index (χ0n) is 14.7. The molecule has 0 aromatic heterocycles. The van der Waals surface area contributed by atoms with E-state index in [0.29, 0.717) is 30.2 Å². The van der Waals surface area contributed by atoms with Gasteiger partial charge in [-0.15, -0.1) is 0 Å². The molecular weight excluding hydrogens is 314 g/mol. The second-order valence-electron chi connectivity index (χ2n) is 5.90. The number of amides is 1. The van der Waals surface area contributed by atoms with E-state index in [0.717, 1.165) is 13.0 Å². The molecule has 4 heteroatoms. The van der Waals surface area contributed by atoms with E-state index in [4.69, 9.17) is 9.47 Å². The van der Waals surface area contributed by atoms with Gasteiger partial charge in [-0.05, 0) is 42.7 Å². The fraction of sp³-hybridized carbons (Fsp3) is 0.286. The smallest absolute Gasteiger partial charge is 0.254 e. The van der Waals surface area contributed by atoms with Crippen molar-refractivity contribution in [1.82, 2.24) is 4.90 Å². The lowest BCUT2D eigenvalue weighted by Gasteiger charge is -2.27. The topological polar surface area (TPSA) is 38.8 Å². The molecule has 0 atom stereocenters. The van der Waals surface area contributed by atoms with Crippen LogP contribution in [0.4, 0.5) is 0 Å². The molecule has 0 unspecified atom stereocenters. The number of methoxy groups -OCH3 is 1. The highest BCUT2D eigenvalue weighted by Crippen LogP contribution is 2.29. The van der Waals surface area contributed by atoms with Crippen molar-refractivity contribution in [2.45, 2.75) is 13.3 Å². The summed E-state index contributed by atoms with van der Waals surface area (Å²) >= 11 is 0. The van der Waals surface area contributed by atoms with Crippen LogP contribution in [0.25, 0.3) is 5.57 Å². The molecule has 0 aliphatic carbocycles. The number of hydrogen-bond acceptors (Lipinski definition) is 3. The molecule has 0 spiro atoms. The molecule has 0 radical (unpaired) electrons. The minimum Gasteiger partial charge on any atom is -0.493 e. The SMILES string of the molecule is CCOc1cc(C(=O)N2CC=C(c3ccccc3)CC2)ccc1OC. The molecule has 0 bridgehead atoms. The van der Waals surface area contributed by atoms with Gasteiger partial charge in [-0.2, -0.15) is 0 Å². The fourth-order valence-corrected chi connectivity index (χ4v) is 3.03. The second kappa shape index (κ2) is 7.88. The number of nitrogens with zero attached hydrogens (tertiary/aromatic N) is 1. The van der Waals surface area contributed by atoms with Crippen LogP contribution in [-0.2, 0) is 0 Å². The maximum Gasteiger partial charge on any atom is 0.254 e. The molecule has 2 aromatic carbocycles. The van der Waals surface area contributed by atoms with Crippen molar-refractivity contribution < 1.29 is 14.3 Å². The van der Waals surface area contributed by atoms with Crippen molar-refractivity contribution in [2.75, 3.05) is 26.8 Å². The molecule has 2 aromatic rings. The zero-order valence-corrected chi connectivity index (χ0v) is 14.7. The Hall–Kier alpha value is -2.75. The predicted octanol–water partition coefficient (Wildman–Crippen LogP) is 4.02. The normalized spacial score (nSPS) is 14.0. The Morgan fingerprint density at radius 3 is 2.56 bits per heavy atom. The molecule has 1 aliphatic heterocycles. The van der Waals surface area contributed by atoms with Crippen molar-refractivity contribution in [2.24, 2.45) is 0 Å². The summed E-state index contributed by atoms with van der Waals surface area (Å²) in [5.41, 5.74) is 3.16. The Balaban J connectivity index is 1.74. The molecule has 130 valence electrons. The summed E-state index contributed by atoms with van der Waals surface area (Å²) in [6.45, 7) is 3.78. The summed E-state index contributed by atoms with van der Waals surface area (Å²) in [7, 11) is 1.60. The van der Waals surface area contributed by atoms with Gasteiger partial charge in [-0.1, -0.05) is 36.4 Å². The van der Waals surface area contributed by atoms with Crippen molar-refractivity contribution >= 4 is 11.5 Å². The summed E-state index contributed by atoms with van der Waals surface area (Å²) in [5, 5.41) is 0. The van der Waals surface area contributed by atoms with E-state index in [1.807, 2.05) is 30.0 Å². The molecule has 3 rings (SSSR count).